The van der Waals surface area contributed by atoms with Gasteiger partial charge in [0.25, 0.3) is 0 Å². The fraction of sp³-hybridized carbons (Fsp3) is 0.722. The summed E-state index contributed by atoms with van der Waals surface area (Å²) in [4.78, 5) is 18.7. The van der Waals surface area contributed by atoms with Gasteiger partial charge in [-0.05, 0) is 32.0 Å². The Balaban J connectivity index is 1.58. The number of likely N-dealkylation sites (N-methyl/N-ethyl adjacent to an activating group) is 2. The SMILES string of the molecule is CN1CCCC(N(C)C2CN(c3ccc(C(C)(C)C)nn3)C2)C1=O. The molecular weight excluding hydrogens is 302 g/mol. The highest BCUT2D eigenvalue weighted by atomic mass is 16.2. The maximum absolute atomic E-state index is 12.3. The van der Waals surface area contributed by atoms with E-state index in [0.29, 0.717) is 6.04 Å². The molecule has 0 bridgehead atoms. The summed E-state index contributed by atoms with van der Waals surface area (Å²) in [6.07, 6.45) is 2.06. The van der Waals surface area contributed by atoms with Crippen LogP contribution in [-0.4, -0.2) is 71.7 Å². The lowest BCUT2D eigenvalue weighted by Gasteiger charge is -2.48. The quantitative estimate of drug-likeness (QED) is 0.840. The molecule has 6 nitrogen and oxygen atoms in total. The molecule has 1 aromatic rings. The molecular formula is C18H29N5O. The zero-order valence-electron chi connectivity index (χ0n) is 15.5. The Morgan fingerprint density at radius 2 is 1.92 bits per heavy atom. The highest BCUT2D eigenvalue weighted by Crippen LogP contribution is 2.26. The molecule has 2 aliphatic rings. The number of rotatable bonds is 3. The van der Waals surface area contributed by atoms with Gasteiger partial charge in [0.05, 0.1) is 11.7 Å². The molecule has 3 rings (SSSR count). The summed E-state index contributed by atoms with van der Waals surface area (Å²) in [6.45, 7) is 9.13. The smallest absolute Gasteiger partial charge is 0.239 e. The van der Waals surface area contributed by atoms with Gasteiger partial charge in [-0.3, -0.25) is 9.69 Å². The van der Waals surface area contributed by atoms with Crippen LogP contribution in [0, 0.1) is 0 Å². The van der Waals surface area contributed by atoms with Crippen LogP contribution in [0.3, 0.4) is 0 Å². The molecule has 3 heterocycles. The largest absolute Gasteiger partial charge is 0.352 e. The van der Waals surface area contributed by atoms with Gasteiger partial charge in [0, 0.05) is 38.1 Å². The lowest BCUT2D eigenvalue weighted by Crippen LogP contribution is -2.63. The number of nitrogens with zero attached hydrogens (tertiary/aromatic N) is 5. The maximum atomic E-state index is 12.3. The Kier molecular flexibility index (Phi) is 4.51. The Hall–Kier alpha value is -1.69. The third-order valence-corrected chi connectivity index (χ3v) is 5.31. The van der Waals surface area contributed by atoms with Crippen molar-refractivity contribution in [2.45, 2.75) is 51.1 Å². The minimum absolute atomic E-state index is 0.0244. The number of anilines is 1. The Bertz CT molecular complexity index is 588. The third-order valence-electron chi connectivity index (χ3n) is 5.31. The van der Waals surface area contributed by atoms with Gasteiger partial charge >= 0.3 is 0 Å². The normalized spacial score (nSPS) is 22.9. The van der Waals surface area contributed by atoms with Crippen molar-refractivity contribution in [3.63, 3.8) is 0 Å². The van der Waals surface area contributed by atoms with Gasteiger partial charge in [-0.2, -0.15) is 5.10 Å². The van der Waals surface area contributed by atoms with Crippen LogP contribution in [0.2, 0.25) is 0 Å². The monoisotopic (exact) mass is 331 g/mol. The molecule has 2 aliphatic heterocycles. The van der Waals surface area contributed by atoms with E-state index in [1.165, 1.54) is 0 Å². The summed E-state index contributed by atoms with van der Waals surface area (Å²) in [6, 6.07) is 4.57. The van der Waals surface area contributed by atoms with E-state index < -0.39 is 0 Å². The second-order valence-corrected chi connectivity index (χ2v) is 8.17. The standard InChI is InChI=1S/C18H29N5O/c1-18(2,3)15-8-9-16(20-19-15)23-11-13(12-23)22(5)14-7-6-10-21(4)17(14)24/h8-9,13-14H,6-7,10-12H2,1-5H3. The molecule has 0 radical (unpaired) electrons. The van der Waals surface area contributed by atoms with Crippen molar-refractivity contribution in [3.8, 4) is 0 Å². The van der Waals surface area contributed by atoms with E-state index in [-0.39, 0.29) is 17.4 Å². The summed E-state index contributed by atoms with van der Waals surface area (Å²) in [5.41, 5.74) is 1.03. The first-order valence-corrected chi connectivity index (χ1v) is 8.83. The molecule has 6 heteroatoms. The lowest BCUT2D eigenvalue weighted by molar-refractivity contribution is -0.139. The zero-order chi connectivity index (χ0) is 17.5. The molecule has 2 fully saturated rings. The summed E-state index contributed by atoms with van der Waals surface area (Å²) < 4.78 is 0. The van der Waals surface area contributed by atoms with Crippen LogP contribution in [0.1, 0.15) is 39.3 Å². The van der Waals surface area contributed by atoms with Crippen LogP contribution < -0.4 is 4.90 Å². The molecule has 1 unspecified atom stereocenters. The number of carbonyl (C=O) groups is 1. The van der Waals surface area contributed by atoms with E-state index >= 15 is 0 Å². The predicted molar refractivity (Wildman–Crippen MR) is 95.2 cm³/mol. The van der Waals surface area contributed by atoms with Gasteiger partial charge in [0.15, 0.2) is 5.82 Å². The van der Waals surface area contributed by atoms with Crippen LogP contribution in [0.25, 0.3) is 0 Å². The molecule has 1 atom stereocenters. The van der Waals surface area contributed by atoms with E-state index in [1.807, 2.05) is 11.9 Å². The number of piperidine rings is 1. The average Bonchev–Trinajstić information content (AvgIpc) is 2.48. The van der Waals surface area contributed by atoms with Crippen molar-refractivity contribution in [2.75, 3.05) is 38.6 Å². The molecule has 0 aromatic carbocycles. The van der Waals surface area contributed by atoms with Gasteiger partial charge < -0.3 is 9.80 Å². The van der Waals surface area contributed by atoms with Crippen molar-refractivity contribution in [2.24, 2.45) is 0 Å². The fourth-order valence-corrected chi connectivity index (χ4v) is 3.44. The number of hydrogen-bond acceptors (Lipinski definition) is 5. The van der Waals surface area contributed by atoms with Crippen LogP contribution >= 0.6 is 0 Å². The maximum Gasteiger partial charge on any atom is 0.239 e. The van der Waals surface area contributed by atoms with Crippen molar-refractivity contribution < 1.29 is 4.79 Å². The van der Waals surface area contributed by atoms with Gasteiger partial charge in [-0.15, -0.1) is 5.10 Å². The van der Waals surface area contributed by atoms with E-state index in [1.54, 1.807) is 0 Å². The summed E-state index contributed by atoms with van der Waals surface area (Å²) in [5.74, 6) is 1.19. The molecule has 0 spiro atoms. The van der Waals surface area contributed by atoms with Crippen LogP contribution in [0.4, 0.5) is 5.82 Å². The Morgan fingerprint density at radius 3 is 2.50 bits per heavy atom. The van der Waals surface area contributed by atoms with Crippen molar-refractivity contribution >= 4 is 11.7 Å². The third kappa shape index (κ3) is 3.24. The Morgan fingerprint density at radius 1 is 1.21 bits per heavy atom. The van der Waals surface area contributed by atoms with E-state index in [0.717, 1.165) is 44.0 Å². The summed E-state index contributed by atoms with van der Waals surface area (Å²) in [5, 5.41) is 8.75. The van der Waals surface area contributed by atoms with Crippen molar-refractivity contribution in [1.29, 1.82) is 0 Å². The number of aromatic nitrogens is 2. The van der Waals surface area contributed by atoms with E-state index in [4.69, 9.17) is 0 Å². The second kappa shape index (κ2) is 6.31. The molecule has 2 saturated heterocycles. The average molecular weight is 331 g/mol. The van der Waals surface area contributed by atoms with Gasteiger partial charge in [-0.25, -0.2) is 0 Å². The van der Waals surface area contributed by atoms with Gasteiger partial charge in [0.2, 0.25) is 5.91 Å². The predicted octanol–water partition coefficient (Wildman–Crippen LogP) is 1.52. The number of carbonyl (C=O) groups excluding carboxylic acids is 1. The summed E-state index contributed by atoms with van der Waals surface area (Å²) in [7, 11) is 3.99. The molecule has 1 aromatic heterocycles. The first-order valence-electron chi connectivity index (χ1n) is 8.83. The van der Waals surface area contributed by atoms with E-state index in [9.17, 15) is 4.79 Å². The van der Waals surface area contributed by atoms with Crippen LogP contribution in [0.15, 0.2) is 12.1 Å². The number of amides is 1. The first kappa shape index (κ1) is 17.1. The highest BCUT2D eigenvalue weighted by Gasteiger charge is 2.38. The topological polar surface area (TPSA) is 52.6 Å². The molecule has 24 heavy (non-hydrogen) atoms. The summed E-state index contributed by atoms with van der Waals surface area (Å²) >= 11 is 0. The van der Waals surface area contributed by atoms with Crippen molar-refractivity contribution in [3.05, 3.63) is 17.8 Å². The highest BCUT2D eigenvalue weighted by molar-refractivity contribution is 5.82. The molecule has 1 amide bonds. The lowest BCUT2D eigenvalue weighted by atomic mass is 9.92. The number of likely N-dealkylation sites (tertiary alicyclic amines) is 1. The molecule has 0 aliphatic carbocycles. The van der Waals surface area contributed by atoms with Crippen LogP contribution in [-0.2, 0) is 10.2 Å². The zero-order valence-corrected chi connectivity index (χ0v) is 15.5. The minimum atomic E-state index is 0.0244. The molecule has 132 valence electrons. The Labute approximate surface area is 144 Å². The number of hydrogen-bond donors (Lipinski definition) is 0. The van der Waals surface area contributed by atoms with Crippen molar-refractivity contribution in [1.82, 2.24) is 20.0 Å². The first-order chi connectivity index (χ1) is 11.3. The van der Waals surface area contributed by atoms with E-state index in [2.05, 4.69) is 59.9 Å². The van der Waals surface area contributed by atoms with Gasteiger partial charge in [0.1, 0.15) is 0 Å². The fourth-order valence-electron chi connectivity index (χ4n) is 3.44. The molecule has 0 N–H and O–H groups in total. The van der Waals surface area contributed by atoms with Crippen LogP contribution in [0.5, 0.6) is 0 Å². The second-order valence-electron chi connectivity index (χ2n) is 8.17. The molecule has 0 saturated carbocycles. The van der Waals surface area contributed by atoms with Gasteiger partial charge in [-0.1, -0.05) is 20.8 Å². The minimum Gasteiger partial charge on any atom is -0.352 e.